The summed E-state index contributed by atoms with van der Waals surface area (Å²) in [4.78, 5) is 27.5. The van der Waals surface area contributed by atoms with E-state index in [2.05, 4.69) is 10.3 Å². The third-order valence-electron chi connectivity index (χ3n) is 4.60. The lowest BCUT2D eigenvalue weighted by atomic mass is 9.90. The third kappa shape index (κ3) is 3.66. The molecule has 0 fully saturated rings. The molecule has 4 rings (SSSR count). The molecule has 0 aliphatic carbocycles. The molecule has 0 bridgehead atoms. The molecule has 2 aromatic carbocycles. The van der Waals surface area contributed by atoms with Crippen molar-refractivity contribution in [3.05, 3.63) is 71.7 Å². The van der Waals surface area contributed by atoms with E-state index >= 15 is 0 Å². The predicted octanol–water partition coefficient (Wildman–Crippen LogP) is 2.49. The number of nitrogens with one attached hydrogen (secondary N) is 1. The van der Waals surface area contributed by atoms with E-state index in [4.69, 9.17) is 10.5 Å². The Kier molecular flexibility index (Phi) is 4.71. The number of anilines is 1. The van der Waals surface area contributed by atoms with Crippen molar-refractivity contribution in [2.75, 3.05) is 11.9 Å². The van der Waals surface area contributed by atoms with Crippen LogP contribution in [0.4, 0.5) is 14.6 Å². The summed E-state index contributed by atoms with van der Waals surface area (Å²) in [5.74, 6) is -1.71. The number of amides is 2. The average Bonchev–Trinajstić information content (AvgIpc) is 3.11. The molecule has 7 nitrogen and oxygen atoms in total. The lowest BCUT2D eigenvalue weighted by Crippen LogP contribution is -2.25. The Bertz CT molecular complexity index is 1100. The van der Waals surface area contributed by atoms with E-state index in [1.165, 1.54) is 10.9 Å². The molecule has 148 valence electrons. The van der Waals surface area contributed by atoms with Crippen LogP contribution in [0.5, 0.6) is 5.75 Å². The summed E-state index contributed by atoms with van der Waals surface area (Å²) < 4.78 is 34.4. The van der Waals surface area contributed by atoms with Gasteiger partial charge in [-0.15, -0.1) is 0 Å². The average molecular weight is 398 g/mol. The zero-order valence-corrected chi connectivity index (χ0v) is 15.1. The van der Waals surface area contributed by atoms with Crippen LogP contribution in [-0.4, -0.2) is 28.0 Å². The number of fused-ring (bicyclic) bond motifs is 1. The summed E-state index contributed by atoms with van der Waals surface area (Å²) in [5, 5.41) is 2.69. The Hall–Kier alpha value is -3.75. The number of rotatable bonds is 5. The monoisotopic (exact) mass is 398 g/mol. The van der Waals surface area contributed by atoms with Gasteiger partial charge in [-0.05, 0) is 29.8 Å². The lowest BCUT2D eigenvalue weighted by Gasteiger charge is -2.23. The number of carbonyl (C=O) groups is 2. The molecule has 0 radical (unpaired) electrons. The fourth-order valence-corrected chi connectivity index (χ4v) is 3.29. The molecule has 0 saturated carbocycles. The summed E-state index contributed by atoms with van der Waals surface area (Å²) in [6.07, 6.45) is 1.50. The van der Waals surface area contributed by atoms with E-state index in [1.807, 2.05) is 0 Å². The van der Waals surface area contributed by atoms with E-state index in [0.29, 0.717) is 17.3 Å². The Morgan fingerprint density at radius 2 is 2.00 bits per heavy atom. The fourth-order valence-electron chi connectivity index (χ4n) is 3.29. The first-order chi connectivity index (χ1) is 13.9. The van der Waals surface area contributed by atoms with Crippen molar-refractivity contribution in [2.45, 2.75) is 12.3 Å². The molecule has 1 aliphatic rings. The van der Waals surface area contributed by atoms with Gasteiger partial charge in [-0.1, -0.05) is 12.1 Å². The van der Waals surface area contributed by atoms with E-state index in [-0.39, 0.29) is 30.5 Å². The van der Waals surface area contributed by atoms with Crippen molar-refractivity contribution in [3.8, 4) is 11.4 Å². The van der Waals surface area contributed by atoms with Crippen molar-refractivity contribution >= 4 is 17.6 Å². The number of primary amides is 1. The van der Waals surface area contributed by atoms with Crippen LogP contribution in [0.1, 0.15) is 23.6 Å². The Morgan fingerprint density at radius 3 is 2.72 bits per heavy atom. The number of hydrogen-bond donors (Lipinski definition) is 2. The molecule has 29 heavy (non-hydrogen) atoms. The number of imidazole rings is 1. The second kappa shape index (κ2) is 7.34. The fraction of sp³-hybridized carbons (Fsp3) is 0.150. The maximum Gasteiger partial charge on any atom is 0.255 e. The van der Waals surface area contributed by atoms with Gasteiger partial charge in [0.1, 0.15) is 29.5 Å². The van der Waals surface area contributed by atoms with E-state index in [1.54, 1.807) is 24.3 Å². The normalized spacial score (nSPS) is 15.5. The van der Waals surface area contributed by atoms with E-state index < -0.39 is 17.5 Å². The highest BCUT2D eigenvalue weighted by atomic mass is 19.1. The summed E-state index contributed by atoms with van der Waals surface area (Å²) in [7, 11) is 0. The summed E-state index contributed by atoms with van der Waals surface area (Å²) in [6, 6.07) is 9.91. The minimum atomic E-state index is -0.640. The van der Waals surface area contributed by atoms with Gasteiger partial charge in [0, 0.05) is 18.4 Å². The first kappa shape index (κ1) is 18.6. The number of benzene rings is 2. The topological polar surface area (TPSA) is 99.2 Å². The van der Waals surface area contributed by atoms with Crippen molar-refractivity contribution in [1.29, 1.82) is 0 Å². The quantitative estimate of drug-likeness (QED) is 0.690. The number of ether oxygens (including phenoxy) is 1. The van der Waals surface area contributed by atoms with Crippen LogP contribution in [0.3, 0.4) is 0 Å². The molecule has 0 unspecified atom stereocenters. The predicted molar refractivity (Wildman–Crippen MR) is 99.7 cm³/mol. The van der Waals surface area contributed by atoms with Gasteiger partial charge in [-0.3, -0.25) is 14.2 Å². The van der Waals surface area contributed by atoms with Gasteiger partial charge >= 0.3 is 0 Å². The number of nitrogens with zero attached hydrogens (tertiary/aromatic N) is 2. The number of nitrogens with two attached hydrogens (primary N) is 1. The van der Waals surface area contributed by atoms with E-state index in [0.717, 1.165) is 23.8 Å². The second-order valence-corrected chi connectivity index (χ2v) is 6.57. The highest BCUT2D eigenvalue weighted by molar-refractivity contribution is 5.94. The zero-order valence-electron chi connectivity index (χ0n) is 15.1. The standard InChI is InChI=1S/C20H16F2N4O3/c21-12-3-6-15(22)16(7-12)26-10-24-19-14(8-18(28)25-20(19)26)11-1-4-13(5-2-11)29-9-17(23)27/h1-7,10,14H,8-9H2,(H2,23,27)(H,25,28)/t14-/m1/s1. The van der Waals surface area contributed by atoms with Crippen LogP contribution in [0.2, 0.25) is 0 Å². The first-order valence-electron chi connectivity index (χ1n) is 8.76. The van der Waals surface area contributed by atoms with Gasteiger partial charge in [-0.25, -0.2) is 13.8 Å². The van der Waals surface area contributed by atoms with E-state index in [9.17, 15) is 18.4 Å². The van der Waals surface area contributed by atoms with Gasteiger partial charge in [-0.2, -0.15) is 0 Å². The summed E-state index contributed by atoms with van der Waals surface area (Å²) in [6.45, 7) is -0.237. The summed E-state index contributed by atoms with van der Waals surface area (Å²) in [5.41, 5.74) is 6.34. The van der Waals surface area contributed by atoms with Crippen LogP contribution in [0.15, 0.2) is 48.8 Å². The molecule has 2 amide bonds. The van der Waals surface area contributed by atoms with Gasteiger partial charge < -0.3 is 15.8 Å². The molecule has 0 saturated heterocycles. The lowest BCUT2D eigenvalue weighted by molar-refractivity contribution is -0.120. The molecular formula is C20H16F2N4O3. The van der Waals surface area contributed by atoms with Crippen LogP contribution >= 0.6 is 0 Å². The minimum absolute atomic E-state index is 0.0464. The minimum Gasteiger partial charge on any atom is -0.484 e. The molecular weight excluding hydrogens is 382 g/mol. The Morgan fingerprint density at radius 1 is 1.24 bits per heavy atom. The molecule has 1 aliphatic heterocycles. The Labute approximate surface area is 164 Å². The van der Waals surface area contributed by atoms with Crippen LogP contribution in [0, 0.1) is 11.6 Å². The molecule has 1 atom stereocenters. The van der Waals surface area contributed by atoms with Gasteiger partial charge in [0.2, 0.25) is 5.91 Å². The maximum absolute atomic E-state index is 14.2. The van der Waals surface area contributed by atoms with Crippen LogP contribution in [-0.2, 0) is 9.59 Å². The summed E-state index contributed by atoms with van der Waals surface area (Å²) >= 11 is 0. The number of carbonyl (C=O) groups excluding carboxylic acids is 2. The molecule has 3 aromatic rings. The molecule has 1 aromatic heterocycles. The van der Waals surface area contributed by atoms with Crippen molar-refractivity contribution in [3.63, 3.8) is 0 Å². The third-order valence-corrected chi connectivity index (χ3v) is 4.60. The first-order valence-corrected chi connectivity index (χ1v) is 8.76. The maximum atomic E-state index is 14.2. The highest BCUT2D eigenvalue weighted by Crippen LogP contribution is 2.38. The molecule has 3 N–H and O–H groups in total. The Balaban J connectivity index is 1.69. The second-order valence-electron chi connectivity index (χ2n) is 6.57. The largest absolute Gasteiger partial charge is 0.484 e. The molecule has 0 spiro atoms. The van der Waals surface area contributed by atoms with Gasteiger partial charge in [0.25, 0.3) is 5.91 Å². The van der Waals surface area contributed by atoms with Crippen LogP contribution in [0.25, 0.3) is 5.69 Å². The number of aromatic nitrogens is 2. The number of hydrogen-bond acceptors (Lipinski definition) is 4. The highest BCUT2D eigenvalue weighted by Gasteiger charge is 2.31. The van der Waals surface area contributed by atoms with Crippen molar-refractivity contribution < 1.29 is 23.1 Å². The van der Waals surface area contributed by atoms with Crippen molar-refractivity contribution in [1.82, 2.24) is 9.55 Å². The van der Waals surface area contributed by atoms with Crippen LogP contribution < -0.4 is 15.8 Å². The zero-order chi connectivity index (χ0) is 20.5. The van der Waals surface area contributed by atoms with Crippen molar-refractivity contribution in [2.24, 2.45) is 5.73 Å². The van der Waals surface area contributed by atoms with Gasteiger partial charge in [0.05, 0.1) is 11.4 Å². The number of halogens is 2. The smallest absolute Gasteiger partial charge is 0.255 e. The molecule has 9 heteroatoms. The van der Waals surface area contributed by atoms with Gasteiger partial charge in [0.15, 0.2) is 6.61 Å². The molecule has 2 heterocycles. The SMILES string of the molecule is NC(=O)COc1ccc([C@H]2CC(=O)Nc3c2ncn3-c2cc(F)ccc2F)cc1.